The van der Waals surface area contributed by atoms with Gasteiger partial charge in [0, 0.05) is 45.3 Å². The van der Waals surface area contributed by atoms with Gasteiger partial charge in [0.1, 0.15) is 16.9 Å². The first-order chi connectivity index (χ1) is 28.7. The fourth-order valence-electron chi connectivity index (χ4n) is 8.86. The molecule has 9 rings (SSSR count). The van der Waals surface area contributed by atoms with Gasteiger partial charge in [0.15, 0.2) is 0 Å². The molecule has 0 unspecified atom stereocenters. The Hall–Kier alpha value is -5.69. The van der Waals surface area contributed by atoms with Crippen molar-refractivity contribution in [3.05, 3.63) is 168 Å². The molecule has 0 aliphatic carbocycles. The third-order valence-corrected chi connectivity index (χ3v) is 12.0. The second-order valence-electron chi connectivity index (χ2n) is 15.8. The number of unbranched alkanes of at least 4 members (excludes halogenated alkanes) is 2. The van der Waals surface area contributed by atoms with Crippen LogP contribution in [0.4, 0.5) is 11.4 Å². The number of benzene rings is 6. The summed E-state index contributed by atoms with van der Waals surface area (Å²) in [5.41, 5.74) is 6.79. The lowest BCUT2D eigenvalue weighted by atomic mass is 9.68. The summed E-state index contributed by atoms with van der Waals surface area (Å²) in [6, 6.07) is 51.7. The van der Waals surface area contributed by atoms with Crippen LogP contribution in [0.2, 0.25) is 0 Å². The molecule has 1 amide bonds. The van der Waals surface area contributed by atoms with Crippen molar-refractivity contribution in [1.82, 2.24) is 0 Å². The van der Waals surface area contributed by atoms with Gasteiger partial charge in [0.2, 0.25) is 0 Å². The van der Waals surface area contributed by atoms with Gasteiger partial charge in [-0.05, 0) is 67.9 Å². The van der Waals surface area contributed by atoms with Crippen LogP contribution >= 0.6 is 0 Å². The highest BCUT2D eigenvalue weighted by Gasteiger charge is 2.57. The van der Waals surface area contributed by atoms with Gasteiger partial charge in [0.05, 0.1) is 45.3 Å². The van der Waals surface area contributed by atoms with E-state index >= 15 is 4.79 Å². The SMILES string of the molecule is O=C1N(c2ccccc2)c2ccccc2C1(c1cccc(-c2ccccc2)c1OCCCCC1COC1)c1cccc(-c2ccccc2)c1OCCCCC1COC1. The number of nitrogens with zero attached hydrogens (tertiary/aromatic N) is 1. The molecule has 0 bridgehead atoms. The topological polar surface area (TPSA) is 57.2 Å². The zero-order valence-electron chi connectivity index (χ0n) is 33.1. The largest absolute Gasteiger partial charge is 0.493 e. The molecule has 0 N–H and O–H groups in total. The second kappa shape index (κ2) is 17.4. The molecule has 2 fully saturated rings. The Labute approximate surface area is 342 Å². The summed E-state index contributed by atoms with van der Waals surface area (Å²) >= 11 is 0. The van der Waals surface area contributed by atoms with Crippen LogP contribution in [0.5, 0.6) is 11.5 Å². The third-order valence-electron chi connectivity index (χ3n) is 12.0. The standard InChI is InChI=1S/C52H51NO5/c54-51-52(45-28-10-11-31-48(45)53(51)42-24-8-3-9-25-42,46-29-16-26-43(40-20-4-1-5-21-40)49(46)57-32-14-12-18-38-34-55-35-38)47-30-17-27-44(41-22-6-2-7-23-41)50(47)58-33-15-13-19-39-36-56-37-39/h1-11,16-17,20-31,38-39H,12-15,18-19,32-37H2. The number of rotatable bonds is 17. The molecule has 3 aliphatic rings. The maximum Gasteiger partial charge on any atom is 0.251 e. The number of para-hydroxylation sites is 4. The van der Waals surface area contributed by atoms with Crippen LogP contribution in [0.1, 0.15) is 55.2 Å². The molecule has 0 aromatic heterocycles. The Morgan fingerprint density at radius 2 is 0.948 bits per heavy atom. The molecule has 3 heterocycles. The molecule has 58 heavy (non-hydrogen) atoms. The van der Waals surface area contributed by atoms with Crippen LogP contribution in [0.3, 0.4) is 0 Å². The van der Waals surface area contributed by atoms with Gasteiger partial charge in [-0.2, -0.15) is 0 Å². The van der Waals surface area contributed by atoms with Crippen LogP contribution in [-0.2, 0) is 19.7 Å². The van der Waals surface area contributed by atoms with Gasteiger partial charge in [-0.25, -0.2) is 0 Å². The average Bonchev–Trinajstić information content (AvgIpc) is 3.50. The van der Waals surface area contributed by atoms with Crippen LogP contribution in [-0.4, -0.2) is 45.5 Å². The Morgan fingerprint density at radius 1 is 0.500 bits per heavy atom. The lowest BCUT2D eigenvalue weighted by Gasteiger charge is -2.34. The molecular weight excluding hydrogens is 719 g/mol. The van der Waals surface area contributed by atoms with Crippen LogP contribution in [0, 0.1) is 11.8 Å². The van der Waals surface area contributed by atoms with Crippen LogP contribution < -0.4 is 14.4 Å². The van der Waals surface area contributed by atoms with E-state index in [4.69, 9.17) is 18.9 Å². The third kappa shape index (κ3) is 7.32. The van der Waals surface area contributed by atoms with Gasteiger partial charge >= 0.3 is 0 Å². The van der Waals surface area contributed by atoms with E-state index in [-0.39, 0.29) is 5.91 Å². The first-order valence-electron chi connectivity index (χ1n) is 21.0. The quantitative estimate of drug-likeness (QED) is 0.0865. The predicted molar refractivity (Wildman–Crippen MR) is 231 cm³/mol. The Bertz CT molecular complexity index is 2190. The van der Waals surface area contributed by atoms with E-state index in [2.05, 4.69) is 97.1 Å². The number of hydrogen-bond acceptors (Lipinski definition) is 5. The van der Waals surface area contributed by atoms with Gasteiger partial charge in [-0.1, -0.05) is 133 Å². The van der Waals surface area contributed by atoms with Crippen molar-refractivity contribution < 1.29 is 23.7 Å². The zero-order valence-corrected chi connectivity index (χ0v) is 33.1. The molecule has 6 aromatic rings. The number of carbonyl (C=O) groups excluding carboxylic acids is 1. The Kier molecular flexibility index (Phi) is 11.4. The minimum Gasteiger partial charge on any atom is -0.493 e. The smallest absolute Gasteiger partial charge is 0.251 e. The first-order valence-corrected chi connectivity index (χ1v) is 21.0. The van der Waals surface area contributed by atoms with Crippen LogP contribution in [0.25, 0.3) is 22.3 Å². The molecular formula is C52H51NO5. The number of anilines is 2. The lowest BCUT2D eigenvalue weighted by Crippen LogP contribution is -2.41. The van der Waals surface area contributed by atoms with Crippen molar-refractivity contribution in [2.75, 3.05) is 44.5 Å². The van der Waals surface area contributed by atoms with Gasteiger partial charge in [-0.15, -0.1) is 0 Å². The van der Waals surface area contributed by atoms with Crippen molar-refractivity contribution in [1.29, 1.82) is 0 Å². The van der Waals surface area contributed by atoms with E-state index in [0.717, 1.165) is 127 Å². The highest BCUT2D eigenvalue weighted by molar-refractivity contribution is 6.18. The molecule has 3 aliphatic heterocycles. The zero-order chi connectivity index (χ0) is 39.2. The van der Waals surface area contributed by atoms with Crippen molar-refractivity contribution in [2.45, 2.75) is 43.9 Å². The number of ether oxygens (including phenoxy) is 4. The van der Waals surface area contributed by atoms with Crippen molar-refractivity contribution >= 4 is 17.3 Å². The first kappa shape index (κ1) is 37.9. The van der Waals surface area contributed by atoms with Crippen LogP contribution in [0.15, 0.2) is 152 Å². The molecule has 6 nitrogen and oxygen atoms in total. The summed E-state index contributed by atoms with van der Waals surface area (Å²) in [5, 5.41) is 0. The highest BCUT2D eigenvalue weighted by Crippen LogP contribution is 2.58. The van der Waals surface area contributed by atoms with E-state index in [1.807, 2.05) is 59.5 Å². The van der Waals surface area contributed by atoms with E-state index in [1.165, 1.54) is 0 Å². The highest BCUT2D eigenvalue weighted by atomic mass is 16.5. The monoisotopic (exact) mass is 769 g/mol. The molecule has 2 saturated heterocycles. The molecule has 0 radical (unpaired) electrons. The minimum atomic E-state index is -1.33. The summed E-state index contributed by atoms with van der Waals surface area (Å²) in [7, 11) is 0. The summed E-state index contributed by atoms with van der Waals surface area (Å²) in [4.78, 5) is 18.2. The Morgan fingerprint density at radius 3 is 1.43 bits per heavy atom. The molecule has 0 spiro atoms. The van der Waals surface area contributed by atoms with Crippen molar-refractivity contribution in [3.63, 3.8) is 0 Å². The molecule has 0 atom stereocenters. The maximum absolute atomic E-state index is 16.3. The number of carbonyl (C=O) groups is 1. The Balaban J connectivity index is 1.25. The second-order valence-corrected chi connectivity index (χ2v) is 15.8. The summed E-state index contributed by atoms with van der Waals surface area (Å²) in [6.07, 6.45) is 6.15. The number of fused-ring (bicyclic) bond motifs is 1. The van der Waals surface area contributed by atoms with Gasteiger partial charge in [0.25, 0.3) is 5.91 Å². The molecule has 0 saturated carbocycles. The summed E-state index contributed by atoms with van der Waals surface area (Å²) < 4.78 is 25.0. The fraction of sp³-hybridized carbons (Fsp3) is 0.288. The maximum atomic E-state index is 16.3. The molecule has 6 aromatic carbocycles. The summed E-state index contributed by atoms with van der Waals surface area (Å²) in [5.74, 6) is 2.64. The van der Waals surface area contributed by atoms with Gasteiger partial charge < -0.3 is 18.9 Å². The van der Waals surface area contributed by atoms with Crippen molar-refractivity contribution in [3.8, 4) is 33.8 Å². The average molecular weight is 770 g/mol. The minimum absolute atomic E-state index is 0.0695. The normalized spacial score (nSPS) is 16.1. The lowest BCUT2D eigenvalue weighted by molar-refractivity contribution is -0.120. The molecule has 6 heteroatoms. The predicted octanol–water partition coefficient (Wildman–Crippen LogP) is 11.4. The fourth-order valence-corrected chi connectivity index (χ4v) is 8.86. The number of hydrogen-bond donors (Lipinski definition) is 0. The van der Waals surface area contributed by atoms with Crippen molar-refractivity contribution in [2.24, 2.45) is 11.8 Å². The number of amides is 1. The van der Waals surface area contributed by atoms with E-state index in [1.54, 1.807) is 0 Å². The molecule has 294 valence electrons. The van der Waals surface area contributed by atoms with E-state index in [0.29, 0.717) is 25.0 Å². The van der Waals surface area contributed by atoms with Gasteiger partial charge in [-0.3, -0.25) is 9.69 Å². The van der Waals surface area contributed by atoms with E-state index in [9.17, 15) is 0 Å². The summed E-state index contributed by atoms with van der Waals surface area (Å²) in [6.45, 7) is 4.46. The van der Waals surface area contributed by atoms with E-state index < -0.39 is 5.41 Å².